The number of aromatic hydroxyl groups is 1. The largest absolute Gasteiger partial charge is 0.506 e. The molecule has 5 nitrogen and oxygen atoms in total. The number of ether oxygens (including phenoxy) is 1. The van der Waals surface area contributed by atoms with Crippen LogP contribution in [0.1, 0.15) is 26.3 Å². The van der Waals surface area contributed by atoms with Gasteiger partial charge in [-0.3, -0.25) is 0 Å². The van der Waals surface area contributed by atoms with E-state index >= 15 is 0 Å². The van der Waals surface area contributed by atoms with Crippen molar-refractivity contribution in [3.63, 3.8) is 0 Å². The van der Waals surface area contributed by atoms with Crippen molar-refractivity contribution in [3.8, 4) is 5.75 Å². The number of alkyl carbamates (subject to hydrolysis) is 1. The van der Waals surface area contributed by atoms with E-state index in [1.807, 2.05) is 20.8 Å². The van der Waals surface area contributed by atoms with Gasteiger partial charge in [0, 0.05) is 25.2 Å². The van der Waals surface area contributed by atoms with E-state index in [-0.39, 0.29) is 5.75 Å². The molecular formula is C14H21ClN2O3. The van der Waals surface area contributed by atoms with Gasteiger partial charge >= 0.3 is 6.09 Å². The Morgan fingerprint density at radius 2 is 2.05 bits per heavy atom. The van der Waals surface area contributed by atoms with Crippen molar-refractivity contribution in [1.82, 2.24) is 10.6 Å². The third-order valence-electron chi connectivity index (χ3n) is 2.36. The molecule has 0 bridgehead atoms. The van der Waals surface area contributed by atoms with Crippen LogP contribution < -0.4 is 10.6 Å². The summed E-state index contributed by atoms with van der Waals surface area (Å²) in [5, 5.41) is 15.8. The fourth-order valence-electron chi connectivity index (χ4n) is 1.49. The first-order valence-corrected chi connectivity index (χ1v) is 6.81. The van der Waals surface area contributed by atoms with Crippen molar-refractivity contribution in [2.24, 2.45) is 0 Å². The van der Waals surface area contributed by atoms with Gasteiger partial charge in [0.2, 0.25) is 0 Å². The van der Waals surface area contributed by atoms with Crippen LogP contribution in [-0.4, -0.2) is 29.9 Å². The minimum atomic E-state index is -0.496. The van der Waals surface area contributed by atoms with Crippen molar-refractivity contribution in [3.05, 3.63) is 28.8 Å². The van der Waals surface area contributed by atoms with Crippen LogP contribution in [-0.2, 0) is 11.3 Å². The maximum absolute atomic E-state index is 11.4. The van der Waals surface area contributed by atoms with Crippen LogP contribution in [0.5, 0.6) is 5.75 Å². The summed E-state index contributed by atoms with van der Waals surface area (Å²) in [5.41, 5.74) is 0.221. The SMILES string of the molecule is CC(C)(C)OC(=O)NCCNCc1cccc(Cl)c1O. The number of phenolic OH excluding ortho intramolecular Hbond substituents is 1. The Hall–Kier alpha value is -1.46. The highest BCUT2D eigenvalue weighted by Gasteiger charge is 2.15. The second kappa shape index (κ2) is 7.36. The minimum absolute atomic E-state index is 0.0850. The summed E-state index contributed by atoms with van der Waals surface area (Å²) in [7, 11) is 0. The second-order valence-corrected chi connectivity index (χ2v) is 5.76. The topological polar surface area (TPSA) is 70.6 Å². The van der Waals surface area contributed by atoms with Crippen molar-refractivity contribution >= 4 is 17.7 Å². The minimum Gasteiger partial charge on any atom is -0.506 e. The lowest BCUT2D eigenvalue weighted by Gasteiger charge is -2.19. The van der Waals surface area contributed by atoms with Crippen LogP contribution in [0.4, 0.5) is 4.79 Å². The molecule has 1 aromatic carbocycles. The van der Waals surface area contributed by atoms with Crippen LogP contribution in [0.3, 0.4) is 0 Å². The Morgan fingerprint density at radius 3 is 2.70 bits per heavy atom. The summed E-state index contributed by atoms with van der Waals surface area (Å²) in [6.07, 6.45) is -0.440. The van der Waals surface area contributed by atoms with E-state index in [2.05, 4.69) is 10.6 Å². The van der Waals surface area contributed by atoms with Gasteiger partial charge in [0.1, 0.15) is 11.4 Å². The Kier molecular flexibility index (Phi) is 6.10. The molecule has 1 rings (SSSR count). The van der Waals surface area contributed by atoms with E-state index in [1.165, 1.54) is 0 Å². The van der Waals surface area contributed by atoms with Crippen molar-refractivity contribution in [2.45, 2.75) is 32.9 Å². The molecule has 0 spiro atoms. The fourth-order valence-corrected chi connectivity index (χ4v) is 1.69. The van der Waals surface area contributed by atoms with Crippen molar-refractivity contribution in [1.29, 1.82) is 0 Å². The van der Waals surface area contributed by atoms with E-state index in [0.29, 0.717) is 24.7 Å². The standard InChI is InChI=1S/C14H21ClN2O3/c1-14(2,3)20-13(19)17-8-7-16-9-10-5-4-6-11(15)12(10)18/h4-6,16,18H,7-9H2,1-3H3,(H,17,19). The number of halogens is 1. The van der Waals surface area contributed by atoms with E-state index in [9.17, 15) is 9.90 Å². The Bertz CT molecular complexity index is 458. The lowest BCUT2D eigenvalue weighted by molar-refractivity contribution is 0.0528. The summed E-state index contributed by atoms with van der Waals surface area (Å²) < 4.78 is 5.10. The predicted octanol–water partition coefficient (Wildman–Crippen LogP) is 2.66. The maximum Gasteiger partial charge on any atom is 0.407 e. The average molecular weight is 301 g/mol. The first-order chi connectivity index (χ1) is 9.29. The molecule has 0 atom stereocenters. The van der Waals surface area contributed by atoms with E-state index in [0.717, 1.165) is 5.56 Å². The summed E-state index contributed by atoms with van der Waals surface area (Å²) in [6.45, 7) is 6.91. The average Bonchev–Trinajstić information content (AvgIpc) is 2.31. The van der Waals surface area contributed by atoms with Crippen molar-refractivity contribution in [2.75, 3.05) is 13.1 Å². The third-order valence-corrected chi connectivity index (χ3v) is 2.66. The number of hydrogen-bond acceptors (Lipinski definition) is 4. The van der Waals surface area contributed by atoms with E-state index < -0.39 is 11.7 Å². The Morgan fingerprint density at radius 1 is 1.35 bits per heavy atom. The van der Waals surface area contributed by atoms with Gasteiger partial charge in [0.25, 0.3) is 0 Å². The monoisotopic (exact) mass is 300 g/mol. The Balaban J connectivity index is 2.23. The van der Waals surface area contributed by atoms with E-state index in [4.69, 9.17) is 16.3 Å². The zero-order valence-electron chi connectivity index (χ0n) is 12.0. The van der Waals surface area contributed by atoms with Crippen LogP contribution in [0.15, 0.2) is 18.2 Å². The molecule has 0 radical (unpaired) electrons. The first kappa shape index (κ1) is 16.6. The number of carbonyl (C=O) groups is 1. The van der Waals surface area contributed by atoms with Crippen LogP contribution >= 0.6 is 11.6 Å². The van der Waals surface area contributed by atoms with Crippen LogP contribution in [0, 0.1) is 0 Å². The van der Waals surface area contributed by atoms with Gasteiger partial charge in [-0.05, 0) is 26.8 Å². The molecule has 0 aliphatic rings. The number of nitrogens with one attached hydrogen (secondary N) is 2. The maximum atomic E-state index is 11.4. The highest BCUT2D eigenvalue weighted by atomic mass is 35.5. The molecule has 20 heavy (non-hydrogen) atoms. The van der Waals surface area contributed by atoms with Gasteiger partial charge < -0.3 is 20.5 Å². The molecule has 0 saturated carbocycles. The van der Waals surface area contributed by atoms with Gasteiger partial charge in [-0.2, -0.15) is 0 Å². The summed E-state index contributed by atoms with van der Waals surface area (Å²) in [6, 6.07) is 5.19. The van der Waals surface area contributed by atoms with Crippen molar-refractivity contribution < 1.29 is 14.6 Å². The van der Waals surface area contributed by atoms with Gasteiger partial charge in [-0.15, -0.1) is 0 Å². The number of amides is 1. The van der Waals surface area contributed by atoms with Crippen LogP contribution in [0.25, 0.3) is 0 Å². The lowest BCUT2D eigenvalue weighted by Crippen LogP contribution is -2.36. The summed E-state index contributed by atoms with van der Waals surface area (Å²) in [5.74, 6) is 0.0850. The number of phenols is 1. The van der Waals surface area contributed by atoms with Gasteiger partial charge in [-0.25, -0.2) is 4.79 Å². The highest BCUT2D eigenvalue weighted by molar-refractivity contribution is 6.32. The van der Waals surface area contributed by atoms with E-state index in [1.54, 1.807) is 18.2 Å². The van der Waals surface area contributed by atoms with Gasteiger partial charge in [0.15, 0.2) is 0 Å². The van der Waals surface area contributed by atoms with Gasteiger partial charge in [0.05, 0.1) is 5.02 Å². The lowest BCUT2D eigenvalue weighted by atomic mass is 10.2. The summed E-state index contributed by atoms with van der Waals surface area (Å²) >= 11 is 5.81. The molecule has 3 N–H and O–H groups in total. The normalized spacial score (nSPS) is 11.2. The third kappa shape index (κ3) is 6.12. The number of carbonyl (C=O) groups excluding carboxylic acids is 1. The molecule has 0 aliphatic carbocycles. The molecule has 0 heterocycles. The smallest absolute Gasteiger partial charge is 0.407 e. The predicted molar refractivity (Wildman–Crippen MR) is 79.1 cm³/mol. The molecule has 112 valence electrons. The highest BCUT2D eigenvalue weighted by Crippen LogP contribution is 2.26. The Labute approximate surface area is 124 Å². The molecule has 1 aromatic rings. The molecule has 1 amide bonds. The van der Waals surface area contributed by atoms with Crippen LogP contribution in [0.2, 0.25) is 5.02 Å². The molecule has 0 fully saturated rings. The number of para-hydroxylation sites is 1. The number of benzene rings is 1. The molecule has 0 aromatic heterocycles. The molecular weight excluding hydrogens is 280 g/mol. The number of hydrogen-bond donors (Lipinski definition) is 3. The molecule has 0 aliphatic heterocycles. The zero-order valence-corrected chi connectivity index (χ0v) is 12.8. The first-order valence-electron chi connectivity index (χ1n) is 6.43. The van der Waals surface area contributed by atoms with Gasteiger partial charge in [-0.1, -0.05) is 23.7 Å². The second-order valence-electron chi connectivity index (χ2n) is 5.35. The molecule has 6 heteroatoms. The number of rotatable bonds is 5. The fraction of sp³-hybridized carbons (Fsp3) is 0.500. The molecule has 0 unspecified atom stereocenters. The quantitative estimate of drug-likeness (QED) is 0.731. The zero-order chi connectivity index (χ0) is 15.2. The molecule has 0 saturated heterocycles. The summed E-state index contributed by atoms with van der Waals surface area (Å²) in [4.78, 5) is 11.4.